The Kier molecular flexibility index (Phi) is 4.91. The Hall–Kier alpha value is -2.89. The maximum absolute atomic E-state index is 14.0. The van der Waals surface area contributed by atoms with Gasteiger partial charge < -0.3 is 9.42 Å². The van der Waals surface area contributed by atoms with Gasteiger partial charge in [-0.05, 0) is 24.5 Å². The van der Waals surface area contributed by atoms with Gasteiger partial charge in [-0.3, -0.25) is 9.78 Å². The third-order valence-corrected chi connectivity index (χ3v) is 4.32. The Labute approximate surface area is 153 Å². The molecule has 9 heteroatoms. The fraction of sp³-hybridized carbons (Fsp3) is 0.444. The molecule has 142 valence electrons. The van der Waals surface area contributed by atoms with Crippen LogP contribution in [-0.4, -0.2) is 45.2 Å². The van der Waals surface area contributed by atoms with Gasteiger partial charge in [0.25, 0.3) is 5.91 Å². The van der Waals surface area contributed by atoms with Crippen LogP contribution in [-0.2, 0) is 10.2 Å². The van der Waals surface area contributed by atoms with Crippen LogP contribution < -0.4 is 0 Å². The predicted molar refractivity (Wildman–Crippen MR) is 89.1 cm³/mol. The molecule has 1 saturated heterocycles. The third kappa shape index (κ3) is 3.65. The summed E-state index contributed by atoms with van der Waals surface area (Å²) in [6.45, 7) is 2.90. The van der Waals surface area contributed by atoms with Crippen LogP contribution in [0.15, 0.2) is 29.0 Å². The zero-order valence-corrected chi connectivity index (χ0v) is 14.7. The first-order chi connectivity index (χ1) is 12.7. The van der Waals surface area contributed by atoms with E-state index < -0.39 is 29.9 Å². The van der Waals surface area contributed by atoms with E-state index in [4.69, 9.17) is 4.52 Å². The van der Waals surface area contributed by atoms with Crippen molar-refractivity contribution in [2.75, 3.05) is 13.1 Å². The first kappa shape index (κ1) is 18.9. The Balaban J connectivity index is 1.92. The number of aromatic nitrogens is 3. The van der Waals surface area contributed by atoms with Gasteiger partial charge in [-0.15, -0.1) is 0 Å². The molecule has 1 unspecified atom stereocenters. The fourth-order valence-electron chi connectivity index (χ4n) is 2.83. The molecule has 2 aromatic rings. The van der Waals surface area contributed by atoms with Crippen molar-refractivity contribution in [3.05, 3.63) is 30.4 Å². The Bertz CT molecular complexity index is 883. The lowest BCUT2D eigenvalue weighted by atomic mass is 9.86. The van der Waals surface area contributed by atoms with Crippen LogP contribution in [0.4, 0.5) is 13.2 Å². The average molecular weight is 378 g/mol. The molecular weight excluding hydrogens is 361 g/mol. The van der Waals surface area contributed by atoms with Crippen molar-refractivity contribution in [3.8, 4) is 23.2 Å². The lowest BCUT2D eigenvalue weighted by Crippen LogP contribution is -2.45. The summed E-state index contributed by atoms with van der Waals surface area (Å²) in [4.78, 5) is 21.1. The van der Waals surface area contributed by atoms with Crippen LogP contribution in [0.25, 0.3) is 11.4 Å². The van der Waals surface area contributed by atoms with Gasteiger partial charge in [-0.2, -0.15) is 18.2 Å². The predicted octanol–water partition coefficient (Wildman–Crippen LogP) is 2.82. The van der Waals surface area contributed by atoms with E-state index in [2.05, 4.69) is 27.0 Å². The highest BCUT2D eigenvalue weighted by Gasteiger charge is 2.63. The van der Waals surface area contributed by atoms with E-state index in [-0.39, 0.29) is 24.7 Å². The smallest absolute Gasteiger partial charge is 0.338 e. The summed E-state index contributed by atoms with van der Waals surface area (Å²) in [6, 6.07) is 3.24. The number of nitrogens with zero attached hydrogens (tertiary/aromatic N) is 4. The second-order valence-electron chi connectivity index (χ2n) is 6.65. The lowest BCUT2D eigenvalue weighted by Gasteiger charge is -2.27. The number of hydrogen-bond acceptors (Lipinski definition) is 5. The van der Waals surface area contributed by atoms with Crippen LogP contribution in [0.5, 0.6) is 0 Å². The number of halogens is 3. The third-order valence-electron chi connectivity index (χ3n) is 4.32. The highest BCUT2D eigenvalue weighted by Crippen LogP contribution is 2.47. The molecule has 0 bridgehead atoms. The minimum Gasteiger partial charge on any atom is -0.338 e. The summed E-state index contributed by atoms with van der Waals surface area (Å²) in [5.41, 5.74) is -1.96. The molecule has 6 nitrogen and oxygen atoms in total. The molecule has 1 amide bonds. The van der Waals surface area contributed by atoms with E-state index in [0.717, 1.165) is 4.90 Å². The lowest BCUT2D eigenvalue weighted by molar-refractivity contribution is -0.193. The van der Waals surface area contributed by atoms with Crippen molar-refractivity contribution in [1.29, 1.82) is 0 Å². The van der Waals surface area contributed by atoms with Crippen molar-refractivity contribution in [1.82, 2.24) is 20.0 Å². The topological polar surface area (TPSA) is 72.1 Å². The molecule has 0 spiro atoms. The second kappa shape index (κ2) is 7.02. The van der Waals surface area contributed by atoms with E-state index in [0.29, 0.717) is 5.56 Å². The minimum atomic E-state index is -4.66. The van der Waals surface area contributed by atoms with Crippen LogP contribution in [0.3, 0.4) is 0 Å². The molecule has 0 N–H and O–H groups in total. The maximum atomic E-state index is 14.0. The van der Waals surface area contributed by atoms with Gasteiger partial charge in [-0.25, -0.2) is 0 Å². The number of amides is 1. The molecule has 1 aliphatic heterocycles. The Morgan fingerprint density at radius 3 is 2.81 bits per heavy atom. The average Bonchev–Trinajstić information content (AvgIpc) is 3.27. The standard InChI is InChI=1S/C18H17F3N4O2/c1-12(2)5-6-14(26)25-9-7-17(11-25,18(19,20)21)16-23-15(24-27-16)13-4-3-8-22-10-13/h3-4,8,10,12H,7,9,11H2,1-2H3. The minimum absolute atomic E-state index is 0.0195. The van der Waals surface area contributed by atoms with Crippen molar-refractivity contribution in [2.24, 2.45) is 5.92 Å². The Morgan fingerprint density at radius 1 is 1.41 bits per heavy atom. The van der Waals surface area contributed by atoms with E-state index in [1.165, 1.54) is 12.4 Å². The first-order valence-electron chi connectivity index (χ1n) is 8.35. The number of hydrogen-bond donors (Lipinski definition) is 0. The van der Waals surface area contributed by atoms with Gasteiger partial charge in [0.05, 0.1) is 0 Å². The summed E-state index contributed by atoms with van der Waals surface area (Å²) < 4.78 is 46.8. The zero-order valence-electron chi connectivity index (χ0n) is 14.7. The number of pyridine rings is 1. The van der Waals surface area contributed by atoms with E-state index in [1.807, 2.05) is 0 Å². The van der Waals surface area contributed by atoms with Crippen molar-refractivity contribution < 1.29 is 22.5 Å². The van der Waals surface area contributed by atoms with Gasteiger partial charge in [0.15, 0.2) is 5.41 Å². The van der Waals surface area contributed by atoms with Gasteiger partial charge in [-0.1, -0.05) is 24.9 Å². The summed E-state index contributed by atoms with van der Waals surface area (Å²) in [5, 5.41) is 3.66. The van der Waals surface area contributed by atoms with Crippen LogP contribution >= 0.6 is 0 Å². The van der Waals surface area contributed by atoms with E-state index in [1.54, 1.807) is 26.0 Å². The molecule has 0 saturated carbocycles. The first-order valence-corrected chi connectivity index (χ1v) is 8.35. The van der Waals surface area contributed by atoms with Crippen LogP contribution in [0.2, 0.25) is 0 Å². The normalized spacial score (nSPS) is 19.9. The molecular formula is C18H17F3N4O2. The fourth-order valence-corrected chi connectivity index (χ4v) is 2.83. The molecule has 3 rings (SSSR count). The summed E-state index contributed by atoms with van der Waals surface area (Å²) in [7, 11) is 0. The molecule has 27 heavy (non-hydrogen) atoms. The van der Waals surface area contributed by atoms with Crippen molar-refractivity contribution >= 4 is 5.91 Å². The molecule has 1 atom stereocenters. The van der Waals surface area contributed by atoms with Crippen LogP contribution in [0, 0.1) is 17.8 Å². The molecule has 0 aromatic carbocycles. The number of rotatable bonds is 2. The second-order valence-corrected chi connectivity index (χ2v) is 6.65. The number of carbonyl (C=O) groups is 1. The molecule has 0 radical (unpaired) electrons. The largest absolute Gasteiger partial charge is 0.405 e. The Morgan fingerprint density at radius 2 is 2.19 bits per heavy atom. The van der Waals surface area contributed by atoms with Gasteiger partial charge >= 0.3 is 6.18 Å². The van der Waals surface area contributed by atoms with Gasteiger partial charge in [0.1, 0.15) is 0 Å². The molecule has 3 heterocycles. The monoisotopic (exact) mass is 378 g/mol. The highest BCUT2D eigenvalue weighted by atomic mass is 19.4. The molecule has 2 aromatic heterocycles. The summed E-state index contributed by atoms with van der Waals surface area (Å²) in [5.74, 6) is 3.84. The number of alkyl halides is 3. The van der Waals surface area contributed by atoms with Gasteiger partial charge in [0.2, 0.25) is 11.7 Å². The zero-order chi connectivity index (χ0) is 19.7. The molecule has 1 fully saturated rings. The maximum Gasteiger partial charge on any atom is 0.405 e. The van der Waals surface area contributed by atoms with E-state index >= 15 is 0 Å². The van der Waals surface area contributed by atoms with E-state index in [9.17, 15) is 18.0 Å². The van der Waals surface area contributed by atoms with Gasteiger partial charge in [0, 0.05) is 37.0 Å². The highest BCUT2D eigenvalue weighted by molar-refractivity contribution is 5.93. The number of likely N-dealkylation sites (tertiary alicyclic amines) is 1. The van der Waals surface area contributed by atoms with Crippen molar-refractivity contribution in [2.45, 2.75) is 31.9 Å². The number of carbonyl (C=O) groups excluding carboxylic acids is 1. The van der Waals surface area contributed by atoms with Crippen molar-refractivity contribution in [3.63, 3.8) is 0 Å². The quantitative estimate of drug-likeness (QED) is 0.752. The molecule has 1 aliphatic rings. The SMILES string of the molecule is CC(C)C#CC(=O)N1CCC(c2nc(-c3cccnc3)no2)(C(F)(F)F)C1. The van der Waals surface area contributed by atoms with Crippen LogP contribution in [0.1, 0.15) is 26.2 Å². The summed E-state index contributed by atoms with van der Waals surface area (Å²) in [6.07, 6.45) is -2.06. The summed E-state index contributed by atoms with van der Waals surface area (Å²) >= 11 is 0. The molecule has 0 aliphatic carbocycles.